The number of hydrogen-bond acceptors (Lipinski definition) is 1. The lowest BCUT2D eigenvalue weighted by Gasteiger charge is -2.14. The zero-order valence-electron chi connectivity index (χ0n) is 11.9. The molecule has 1 nitrogen and oxygen atoms in total. The van der Waals surface area contributed by atoms with E-state index < -0.39 is 8.07 Å². The molecule has 0 aliphatic rings. The number of allylic oxidation sites excluding steroid dienone is 2. The zero-order chi connectivity index (χ0) is 13.6. The molecule has 0 aliphatic heterocycles. The molecule has 0 bridgehead atoms. The highest BCUT2D eigenvalue weighted by molar-refractivity contribution is 6.76. The lowest BCUT2D eigenvalue weighted by molar-refractivity contribution is -0.117. The summed E-state index contributed by atoms with van der Waals surface area (Å²) in [5.41, 5.74) is 1.24. The highest BCUT2D eigenvalue weighted by Gasteiger charge is 2.13. The molecule has 1 unspecified atom stereocenters. The molecule has 0 aliphatic carbocycles. The van der Waals surface area contributed by atoms with E-state index in [2.05, 4.69) is 43.9 Å². The molecular weight excluding hydrogens is 236 g/mol. The van der Waals surface area contributed by atoms with Crippen molar-refractivity contribution in [2.75, 3.05) is 0 Å². The highest BCUT2D eigenvalue weighted by Crippen LogP contribution is 2.22. The van der Waals surface area contributed by atoms with Crippen molar-refractivity contribution >= 4 is 13.9 Å². The largest absolute Gasteiger partial charge is 0.300 e. The monoisotopic (exact) mass is 260 g/mol. The fourth-order valence-electron chi connectivity index (χ4n) is 1.89. The van der Waals surface area contributed by atoms with E-state index in [0.717, 1.165) is 0 Å². The van der Waals surface area contributed by atoms with Gasteiger partial charge in [-0.25, -0.2) is 0 Å². The van der Waals surface area contributed by atoms with E-state index in [9.17, 15) is 4.79 Å². The van der Waals surface area contributed by atoms with Crippen molar-refractivity contribution < 1.29 is 4.79 Å². The quantitative estimate of drug-likeness (QED) is 0.538. The average molecular weight is 260 g/mol. The Morgan fingerprint density at radius 1 is 1.22 bits per heavy atom. The Morgan fingerprint density at radius 3 is 2.33 bits per heavy atom. The molecule has 0 heterocycles. The summed E-state index contributed by atoms with van der Waals surface area (Å²) in [7, 11) is -1.04. The molecular formula is C16H24OSi. The van der Waals surface area contributed by atoms with Crippen LogP contribution < -0.4 is 0 Å². The molecule has 0 aromatic heterocycles. The van der Waals surface area contributed by atoms with Crippen molar-refractivity contribution in [3.63, 3.8) is 0 Å². The molecule has 0 fully saturated rings. The summed E-state index contributed by atoms with van der Waals surface area (Å²) in [5, 5.41) is 0. The first-order valence-corrected chi connectivity index (χ1v) is 10.3. The maximum atomic E-state index is 11.4. The third-order valence-corrected chi connectivity index (χ3v) is 4.29. The molecule has 0 saturated heterocycles. The molecule has 1 atom stereocenters. The average Bonchev–Trinajstić information content (AvgIpc) is 2.27. The van der Waals surface area contributed by atoms with Crippen molar-refractivity contribution in [1.82, 2.24) is 0 Å². The van der Waals surface area contributed by atoms with E-state index in [1.807, 2.05) is 18.2 Å². The predicted molar refractivity (Wildman–Crippen MR) is 81.8 cm³/mol. The van der Waals surface area contributed by atoms with Crippen LogP contribution in [0, 0.1) is 0 Å². The smallest absolute Gasteiger partial charge is 0.130 e. The standard InChI is InChI=1S/C16H24OSi/c1-14(17)13-16(11-8-12-18(2,3)4)15-9-6-5-7-10-15/h5-11,16H,12-13H2,1-4H3/b11-8+. The van der Waals surface area contributed by atoms with Crippen LogP contribution in [-0.4, -0.2) is 13.9 Å². The lowest BCUT2D eigenvalue weighted by atomic mass is 9.94. The number of rotatable bonds is 6. The molecule has 2 heteroatoms. The maximum absolute atomic E-state index is 11.4. The first-order chi connectivity index (χ1) is 8.38. The molecule has 0 saturated carbocycles. The molecule has 0 N–H and O–H groups in total. The van der Waals surface area contributed by atoms with Gasteiger partial charge in [-0.1, -0.05) is 62.1 Å². The molecule has 98 valence electrons. The van der Waals surface area contributed by atoms with Crippen LogP contribution in [0.1, 0.15) is 24.8 Å². The van der Waals surface area contributed by atoms with Crippen LogP contribution in [-0.2, 0) is 4.79 Å². The Balaban J connectivity index is 2.77. The predicted octanol–water partition coefficient (Wildman–Crippen LogP) is 4.64. The van der Waals surface area contributed by atoms with Gasteiger partial charge in [0.1, 0.15) is 5.78 Å². The van der Waals surface area contributed by atoms with Crippen molar-refractivity contribution in [3.05, 3.63) is 48.0 Å². The van der Waals surface area contributed by atoms with Gasteiger partial charge >= 0.3 is 0 Å². The molecule has 0 spiro atoms. The Hall–Kier alpha value is -1.15. The fraction of sp³-hybridized carbons (Fsp3) is 0.438. The molecule has 1 rings (SSSR count). The van der Waals surface area contributed by atoms with Crippen LogP contribution >= 0.6 is 0 Å². The van der Waals surface area contributed by atoms with Crippen molar-refractivity contribution in [1.29, 1.82) is 0 Å². The zero-order valence-corrected chi connectivity index (χ0v) is 12.9. The van der Waals surface area contributed by atoms with E-state index in [1.54, 1.807) is 6.92 Å². The van der Waals surface area contributed by atoms with Gasteiger partial charge in [0, 0.05) is 20.4 Å². The van der Waals surface area contributed by atoms with Gasteiger partial charge in [0.15, 0.2) is 0 Å². The van der Waals surface area contributed by atoms with Gasteiger partial charge in [-0.15, -0.1) is 0 Å². The van der Waals surface area contributed by atoms with Gasteiger partial charge in [0.05, 0.1) is 0 Å². The van der Waals surface area contributed by atoms with Gasteiger partial charge in [-0.2, -0.15) is 0 Å². The Labute approximate surface area is 112 Å². The van der Waals surface area contributed by atoms with Crippen molar-refractivity contribution in [3.8, 4) is 0 Å². The summed E-state index contributed by atoms with van der Waals surface area (Å²) in [5.74, 6) is 0.488. The van der Waals surface area contributed by atoms with Gasteiger partial charge in [0.25, 0.3) is 0 Å². The second-order valence-electron chi connectivity index (χ2n) is 6.12. The summed E-state index contributed by atoms with van der Waals surface area (Å²) in [6.45, 7) is 8.75. The lowest BCUT2D eigenvalue weighted by Crippen LogP contribution is -2.17. The second-order valence-corrected chi connectivity index (χ2v) is 11.6. The van der Waals surface area contributed by atoms with Crippen LogP contribution in [0.5, 0.6) is 0 Å². The van der Waals surface area contributed by atoms with E-state index in [-0.39, 0.29) is 11.7 Å². The van der Waals surface area contributed by atoms with Crippen LogP contribution in [0.3, 0.4) is 0 Å². The summed E-state index contributed by atoms with van der Waals surface area (Å²) in [6, 6.07) is 11.5. The minimum absolute atomic E-state index is 0.236. The number of carbonyl (C=O) groups excluding carboxylic acids is 1. The third-order valence-electron chi connectivity index (χ3n) is 2.83. The van der Waals surface area contributed by atoms with Crippen LogP contribution in [0.2, 0.25) is 25.7 Å². The Morgan fingerprint density at radius 2 is 1.83 bits per heavy atom. The second kappa shape index (κ2) is 6.69. The number of ketones is 1. The SMILES string of the molecule is CC(=O)CC(/C=C/C[Si](C)(C)C)c1ccccc1. The molecule has 1 aromatic rings. The van der Waals surface area contributed by atoms with E-state index in [0.29, 0.717) is 6.42 Å². The first-order valence-electron chi connectivity index (χ1n) is 6.59. The minimum Gasteiger partial charge on any atom is -0.300 e. The van der Waals surface area contributed by atoms with Gasteiger partial charge in [0.2, 0.25) is 0 Å². The van der Waals surface area contributed by atoms with Crippen molar-refractivity contribution in [2.24, 2.45) is 0 Å². The Bertz CT molecular complexity index is 401. The van der Waals surface area contributed by atoms with Gasteiger partial charge in [-0.05, 0) is 18.5 Å². The normalized spacial score (nSPS) is 13.8. The number of benzene rings is 1. The number of hydrogen-bond donors (Lipinski definition) is 0. The summed E-state index contributed by atoms with van der Waals surface area (Å²) < 4.78 is 0. The third kappa shape index (κ3) is 5.96. The first kappa shape index (κ1) is 14.9. The molecule has 0 amide bonds. The number of carbonyl (C=O) groups is 1. The highest BCUT2D eigenvalue weighted by atomic mass is 28.3. The van der Waals surface area contributed by atoms with Gasteiger partial charge in [-0.3, -0.25) is 4.79 Å². The van der Waals surface area contributed by atoms with E-state index in [4.69, 9.17) is 0 Å². The topological polar surface area (TPSA) is 17.1 Å². The number of Topliss-reactive ketones (excluding diaryl/α,β-unsaturated/α-hetero) is 1. The van der Waals surface area contributed by atoms with Crippen LogP contribution in [0.4, 0.5) is 0 Å². The minimum atomic E-state index is -1.04. The van der Waals surface area contributed by atoms with E-state index in [1.165, 1.54) is 11.6 Å². The maximum Gasteiger partial charge on any atom is 0.130 e. The van der Waals surface area contributed by atoms with E-state index >= 15 is 0 Å². The van der Waals surface area contributed by atoms with Crippen LogP contribution in [0.15, 0.2) is 42.5 Å². The summed E-state index contributed by atoms with van der Waals surface area (Å²) in [6.07, 6.45) is 5.09. The summed E-state index contributed by atoms with van der Waals surface area (Å²) >= 11 is 0. The fourth-order valence-corrected chi connectivity index (χ4v) is 2.74. The molecule has 1 aromatic carbocycles. The summed E-state index contributed by atoms with van der Waals surface area (Å²) in [4.78, 5) is 11.4. The molecule has 0 radical (unpaired) electrons. The van der Waals surface area contributed by atoms with Gasteiger partial charge < -0.3 is 0 Å². The Kier molecular flexibility index (Phi) is 5.54. The molecule has 18 heavy (non-hydrogen) atoms. The van der Waals surface area contributed by atoms with Crippen LogP contribution in [0.25, 0.3) is 0 Å². The van der Waals surface area contributed by atoms with Crippen molar-refractivity contribution in [2.45, 2.75) is 44.9 Å².